The van der Waals surface area contributed by atoms with Gasteiger partial charge in [-0.3, -0.25) is 33.1 Å². The summed E-state index contributed by atoms with van der Waals surface area (Å²) >= 11 is 0. The van der Waals surface area contributed by atoms with Crippen molar-refractivity contribution in [2.45, 2.75) is 166 Å². The van der Waals surface area contributed by atoms with Crippen LogP contribution in [-0.4, -0.2) is 146 Å². The van der Waals surface area contributed by atoms with Gasteiger partial charge in [-0.05, 0) is 137 Å². The zero-order valence-corrected chi connectivity index (χ0v) is 55.8. The zero-order valence-electron chi connectivity index (χ0n) is 54.2. The summed E-state index contributed by atoms with van der Waals surface area (Å²) in [6, 6.07) is 19.8. The van der Waals surface area contributed by atoms with Crippen LogP contribution < -0.4 is 25.6 Å². The van der Waals surface area contributed by atoms with Crippen LogP contribution in [0.4, 0.5) is 16.2 Å². The monoisotopic (exact) mass is 1350 g/mol. The fourth-order valence-corrected chi connectivity index (χ4v) is 13.5. The predicted octanol–water partition coefficient (Wildman–Crippen LogP) is 9.26. The third-order valence-corrected chi connectivity index (χ3v) is 19.0. The number of urea groups is 1. The van der Waals surface area contributed by atoms with Crippen molar-refractivity contribution in [3.8, 4) is 5.75 Å². The summed E-state index contributed by atoms with van der Waals surface area (Å²) in [5, 5.41) is 36.3. The van der Waals surface area contributed by atoms with E-state index >= 15 is 0 Å². The number of aromatic amines is 1. The molecule has 0 unspecified atom stereocenters. The van der Waals surface area contributed by atoms with E-state index in [0.29, 0.717) is 61.5 Å². The molecule has 3 aliphatic rings. The Bertz CT molecular complexity index is 3830. The van der Waals surface area contributed by atoms with Gasteiger partial charge in [0.05, 0.1) is 35.2 Å². The molecular weight excluding hydrogens is 1260 g/mol. The number of H-pyrrole nitrogens is 1. The van der Waals surface area contributed by atoms with Crippen LogP contribution in [0.1, 0.15) is 153 Å². The smallest absolute Gasteiger partial charge is 0.326 e. The number of carboxylic acid groups (broad SMARTS) is 3. The number of ketones is 2. The summed E-state index contributed by atoms with van der Waals surface area (Å²) in [4.78, 5) is 96.9. The molecule has 24 nitrogen and oxygen atoms in total. The summed E-state index contributed by atoms with van der Waals surface area (Å²) in [6.45, 7) is 9.57. The third kappa shape index (κ3) is 21.7. The number of Topliss-reactive ketones (excluding diaryl/α,β-unsaturated/α-hetero) is 2. The molecule has 3 heterocycles. The number of hydrogen-bond donors (Lipinski definition) is 9. The molecular formula is C69H88N7O17S2+. The standard InChI is InChI=1S/C69H87N7O17S2/c1-68(2)53-20-6-8-22-57(53)75(37-11-13-39-94(87,88)89)60(68)34-28-47-17-15-18-48(29-35-61-69(3,4)54-21-7-9-23-58(54)76(61)38-12-14-40-95(90,91)92)64(47)93-52-31-26-46(27-32-52)41-49(65(82)83)42-59(78)56(43-50-44-70-45-72-50)73-62(79)24-10-5-19-51(77)30-33-55(66(84)85)74-67(86)71-36-16-25-63(80)81/h6-9,20-23,26-29,31-32,34-35,44-45,49,55-56H,5,10-19,24-25,30,33,36-43H2,1-4H3,(H8-,70,71,72,73,74,79,80,81,82,83,84,85,86,87,88,89,90,91,92)/p+1/t49-,55+,56+/m1/s1. The minimum Gasteiger partial charge on any atom is -0.481 e. The first-order valence-electron chi connectivity index (χ1n) is 32.1. The Labute approximate surface area is 554 Å². The average molecular weight is 1350 g/mol. The molecule has 0 saturated heterocycles. The van der Waals surface area contributed by atoms with Crippen LogP contribution in [0, 0.1) is 5.92 Å². The van der Waals surface area contributed by atoms with Gasteiger partial charge in [0.1, 0.15) is 29.9 Å². The highest BCUT2D eigenvalue weighted by Crippen LogP contribution is 2.48. The molecule has 3 aromatic carbocycles. The van der Waals surface area contributed by atoms with Gasteiger partial charge in [0.15, 0.2) is 11.5 Å². The Kier molecular flexibility index (Phi) is 26.2. The van der Waals surface area contributed by atoms with Gasteiger partial charge in [0.2, 0.25) is 11.6 Å². The summed E-state index contributed by atoms with van der Waals surface area (Å²) < 4.78 is 74.9. The van der Waals surface area contributed by atoms with Crippen LogP contribution >= 0.6 is 0 Å². The molecule has 95 heavy (non-hydrogen) atoms. The molecule has 0 bridgehead atoms. The number of hydrogen-bond acceptors (Lipinski definition) is 14. The summed E-state index contributed by atoms with van der Waals surface area (Å²) in [6.07, 6.45) is 14.4. The Balaban J connectivity index is 1.08. The number of nitrogens with one attached hydrogen (secondary N) is 4. The molecule has 0 saturated carbocycles. The minimum absolute atomic E-state index is 0.00677. The molecule has 4 aromatic rings. The molecule has 3 atom stereocenters. The third-order valence-electron chi connectivity index (χ3n) is 17.4. The van der Waals surface area contributed by atoms with E-state index in [4.69, 9.17) is 9.84 Å². The number of amides is 3. The first-order valence-corrected chi connectivity index (χ1v) is 35.4. The molecule has 0 spiro atoms. The van der Waals surface area contributed by atoms with Gasteiger partial charge in [-0.1, -0.05) is 68.5 Å². The lowest BCUT2D eigenvalue weighted by atomic mass is 9.81. The Morgan fingerprint density at radius 3 is 2.07 bits per heavy atom. The normalized spacial score (nSPS) is 16.9. The number of benzene rings is 3. The maximum atomic E-state index is 14.1. The van der Waals surface area contributed by atoms with E-state index in [-0.39, 0.29) is 101 Å². The fourth-order valence-electron chi connectivity index (χ4n) is 12.4. The first kappa shape index (κ1) is 73.8. The second-order valence-corrected chi connectivity index (χ2v) is 28.5. The lowest BCUT2D eigenvalue weighted by Crippen LogP contribution is -2.46. The number of aromatic nitrogens is 2. The molecule has 1 aliphatic carbocycles. The Morgan fingerprint density at radius 2 is 1.40 bits per heavy atom. The number of ether oxygens (including phenoxy) is 1. The van der Waals surface area contributed by atoms with Crippen molar-refractivity contribution < 1.29 is 84.1 Å². The number of aliphatic carboxylic acids is 3. The molecule has 9 N–H and O–H groups in total. The van der Waals surface area contributed by atoms with Crippen molar-refractivity contribution in [1.29, 1.82) is 0 Å². The van der Waals surface area contributed by atoms with E-state index < -0.39 is 91.1 Å². The van der Waals surface area contributed by atoms with E-state index in [1.54, 1.807) is 24.3 Å². The van der Waals surface area contributed by atoms with Crippen LogP contribution in [0.3, 0.4) is 0 Å². The minimum atomic E-state index is -4.14. The molecule has 3 amide bonds. The molecule has 7 rings (SSSR count). The number of rotatable bonds is 38. The number of imidazole rings is 1. The van der Waals surface area contributed by atoms with Crippen molar-refractivity contribution in [3.63, 3.8) is 0 Å². The van der Waals surface area contributed by atoms with Crippen LogP contribution in [-0.2, 0) is 72.7 Å². The molecule has 26 heteroatoms. The van der Waals surface area contributed by atoms with E-state index in [1.807, 2.05) is 36.4 Å². The molecule has 1 aromatic heterocycles. The van der Waals surface area contributed by atoms with E-state index in [0.717, 1.165) is 51.5 Å². The van der Waals surface area contributed by atoms with Crippen molar-refractivity contribution >= 4 is 78.7 Å². The highest BCUT2D eigenvalue weighted by Gasteiger charge is 2.44. The summed E-state index contributed by atoms with van der Waals surface area (Å²) in [5.41, 5.74) is 8.16. The van der Waals surface area contributed by atoms with Crippen LogP contribution in [0.15, 0.2) is 132 Å². The second kappa shape index (κ2) is 33.7. The van der Waals surface area contributed by atoms with Crippen molar-refractivity contribution in [3.05, 3.63) is 155 Å². The van der Waals surface area contributed by atoms with Crippen LogP contribution in [0.5, 0.6) is 5.75 Å². The molecule has 2 aliphatic heterocycles. The van der Waals surface area contributed by atoms with Gasteiger partial charge in [0.25, 0.3) is 20.2 Å². The second-order valence-electron chi connectivity index (χ2n) is 25.4. The fraction of sp³-hybridized carbons (Fsp3) is 0.464. The molecule has 512 valence electrons. The number of fused-ring (bicyclic) bond motifs is 2. The number of para-hydroxylation sites is 2. The lowest BCUT2D eigenvalue weighted by Gasteiger charge is -2.27. The number of unbranched alkanes of at least 4 members (excludes halogenated alkanes) is 3. The average Bonchev–Trinajstić information content (AvgIpc) is 1.51. The Hall–Kier alpha value is -8.59. The van der Waals surface area contributed by atoms with Gasteiger partial charge < -0.3 is 45.9 Å². The number of anilines is 1. The Morgan fingerprint density at radius 1 is 0.716 bits per heavy atom. The molecule has 0 fully saturated rings. The maximum Gasteiger partial charge on any atom is 0.326 e. The quantitative estimate of drug-likeness (QED) is 0.0115. The SMILES string of the molecule is CC1(C)C(=CC=C2CCCC(C=CC3=[N+](CCCCS(=O)(=O)O)c4ccccc4C3(C)C)=C2Oc2ccc(C[C@H](CC(=O)[C@H](Cc3cnc[nH]3)NC(=O)CCCCC(=O)CC[C@H](NC(=O)NCCCC(=O)O)C(=O)O)C(=O)O)cc2)N(CCCCS(=O)(=O)O)c2ccccc21. The van der Waals surface area contributed by atoms with Gasteiger partial charge in [-0.25, -0.2) is 14.6 Å². The number of nitrogens with zero attached hydrogens (tertiary/aromatic N) is 3. The van der Waals surface area contributed by atoms with Crippen molar-refractivity contribution in [2.24, 2.45) is 5.92 Å². The van der Waals surface area contributed by atoms with Crippen molar-refractivity contribution in [2.75, 3.05) is 36.0 Å². The summed E-state index contributed by atoms with van der Waals surface area (Å²) in [5.74, 6) is -5.79. The zero-order chi connectivity index (χ0) is 69.1. The van der Waals surface area contributed by atoms with E-state index in [1.165, 1.54) is 12.5 Å². The topological polar surface area (TPSA) is 369 Å². The molecule has 0 radical (unpaired) electrons. The van der Waals surface area contributed by atoms with Gasteiger partial charge in [-0.15, -0.1) is 0 Å². The first-order chi connectivity index (χ1) is 45.0. The van der Waals surface area contributed by atoms with E-state index in [2.05, 4.69) is 99.5 Å². The van der Waals surface area contributed by atoms with E-state index in [9.17, 15) is 69.7 Å². The van der Waals surface area contributed by atoms with Gasteiger partial charge in [0, 0.05) is 104 Å². The number of carbonyl (C=O) groups is 7. The van der Waals surface area contributed by atoms with Gasteiger partial charge >= 0.3 is 23.9 Å². The predicted molar refractivity (Wildman–Crippen MR) is 357 cm³/mol. The van der Waals surface area contributed by atoms with Gasteiger partial charge in [-0.2, -0.15) is 21.4 Å². The largest absolute Gasteiger partial charge is 0.481 e. The maximum absolute atomic E-state index is 14.1. The lowest BCUT2D eigenvalue weighted by molar-refractivity contribution is -0.438. The van der Waals surface area contributed by atoms with Crippen LogP contribution in [0.2, 0.25) is 0 Å². The summed E-state index contributed by atoms with van der Waals surface area (Å²) in [7, 11) is -8.29. The van der Waals surface area contributed by atoms with Crippen molar-refractivity contribution in [1.82, 2.24) is 25.9 Å². The number of allylic oxidation sites excluding steroid dienone is 7. The van der Waals surface area contributed by atoms with Crippen LogP contribution in [0.25, 0.3) is 0 Å². The number of carboxylic acids is 3. The highest BCUT2D eigenvalue weighted by molar-refractivity contribution is 7.86. The highest BCUT2D eigenvalue weighted by atomic mass is 32.2. The number of carbonyl (C=O) groups excluding carboxylic acids is 4.